The smallest absolute Gasteiger partial charge is 0.295 e. The predicted molar refractivity (Wildman–Crippen MR) is 125 cm³/mol. The summed E-state index contributed by atoms with van der Waals surface area (Å²) in [5, 5.41) is 11.7. The Labute approximate surface area is 188 Å². The van der Waals surface area contributed by atoms with Crippen LogP contribution in [0, 0.1) is 10.1 Å². The summed E-state index contributed by atoms with van der Waals surface area (Å²) in [6.45, 7) is 0. The quantitative estimate of drug-likeness (QED) is 0.232. The SMILES string of the molecule is Cn1c(=O)n(C)c2cc([N+](=O)[O-])c(/C=C3\SC(=S)N(c4ccc(Br)cc4)C3=O)cc21. The lowest BCUT2D eigenvalue weighted by Gasteiger charge is -2.14. The van der Waals surface area contributed by atoms with E-state index in [4.69, 9.17) is 12.2 Å². The van der Waals surface area contributed by atoms with Crippen molar-refractivity contribution in [1.29, 1.82) is 0 Å². The van der Waals surface area contributed by atoms with Crippen LogP contribution < -0.4 is 10.6 Å². The number of nitrogens with zero attached hydrogens (tertiary/aromatic N) is 4. The highest BCUT2D eigenvalue weighted by atomic mass is 79.9. The van der Waals surface area contributed by atoms with Gasteiger partial charge in [0.25, 0.3) is 11.6 Å². The minimum absolute atomic E-state index is 0.197. The fourth-order valence-electron chi connectivity index (χ4n) is 3.25. The van der Waals surface area contributed by atoms with Gasteiger partial charge in [0.05, 0.1) is 32.1 Å². The molecule has 1 aliphatic heterocycles. The molecule has 4 rings (SSSR count). The van der Waals surface area contributed by atoms with Crippen LogP contribution in [0.5, 0.6) is 0 Å². The normalized spacial score (nSPS) is 15.6. The van der Waals surface area contributed by atoms with E-state index in [0.717, 1.165) is 16.2 Å². The number of carbonyl (C=O) groups excluding carboxylic acids is 1. The van der Waals surface area contributed by atoms with E-state index >= 15 is 0 Å². The first-order chi connectivity index (χ1) is 14.2. The fourth-order valence-corrected chi connectivity index (χ4v) is 4.80. The van der Waals surface area contributed by atoms with Gasteiger partial charge in [0.1, 0.15) is 0 Å². The number of aromatic nitrogens is 2. The molecule has 1 fully saturated rings. The number of halogens is 1. The average Bonchev–Trinajstić information content (AvgIpc) is 3.10. The van der Waals surface area contributed by atoms with Gasteiger partial charge >= 0.3 is 5.69 Å². The second-order valence-corrected chi connectivity index (χ2v) is 9.14. The zero-order valence-corrected chi connectivity index (χ0v) is 18.9. The first-order valence-corrected chi connectivity index (χ1v) is 10.6. The number of nitro groups is 1. The lowest BCUT2D eigenvalue weighted by Crippen LogP contribution is -2.27. The number of anilines is 1. The number of hydrogen-bond donors (Lipinski definition) is 0. The maximum absolute atomic E-state index is 13.0. The van der Waals surface area contributed by atoms with Crippen LogP contribution in [0.2, 0.25) is 0 Å². The molecule has 2 heterocycles. The van der Waals surface area contributed by atoms with Crippen molar-refractivity contribution in [2.75, 3.05) is 4.90 Å². The van der Waals surface area contributed by atoms with Gasteiger partial charge in [-0.3, -0.25) is 28.9 Å². The molecule has 11 heteroatoms. The number of hydrogen-bond acceptors (Lipinski definition) is 6. The zero-order valence-electron chi connectivity index (χ0n) is 15.7. The number of benzene rings is 2. The highest BCUT2D eigenvalue weighted by molar-refractivity contribution is 9.10. The van der Waals surface area contributed by atoms with Gasteiger partial charge in [-0.25, -0.2) is 4.79 Å². The molecule has 1 amide bonds. The number of aryl methyl sites for hydroxylation is 2. The molecule has 0 spiro atoms. The lowest BCUT2D eigenvalue weighted by atomic mass is 10.1. The second-order valence-electron chi connectivity index (χ2n) is 6.55. The third-order valence-electron chi connectivity index (χ3n) is 4.78. The number of amides is 1. The van der Waals surface area contributed by atoms with Crippen molar-refractivity contribution >= 4 is 78.6 Å². The molecule has 0 N–H and O–H groups in total. The van der Waals surface area contributed by atoms with E-state index in [1.165, 1.54) is 26.2 Å². The lowest BCUT2D eigenvalue weighted by molar-refractivity contribution is -0.385. The summed E-state index contributed by atoms with van der Waals surface area (Å²) < 4.78 is 3.96. The number of nitro benzene ring substituents is 1. The monoisotopic (exact) mass is 504 g/mol. The molecule has 0 radical (unpaired) electrons. The summed E-state index contributed by atoms with van der Waals surface area (Å²) in [6.07, 6.45) is 1.45. The number of fused-ring (bicyclic) bond motifs is 1. The van der Waals surface area contributed by atoms with Crippen molar-refractivity contribution in [3.63, 3.8) is 0 Å². The van der Waals surface area contributed by atoms with Crippen molar-refractivity contribution in [3.05, 3.63) is 71.9 Å². The predicted octanol–water partition coefficient (Wildman–Crippen LogP) is 3.95. The number of rotatable bonds is 3. The molecule has 0 bridgehead atoms. The summed E-state index contributed by atoms with van der Waals surface area (Å²) >= 11 is 9.79. The summed E-state index contributed by atoms with van der Waals surface area (Å²) in [7, 11) is 3.14. The van der Waals surface area contributed by atoms with E-state index in [1.54, 1.807) is 44.4 Å². The van der Waals surface area contributed by atoms with Gasteiger partial charge in [0.2, 0.25) is 0 Å². The van der Waals surface area contributed by atoms with Gasteiger partial charge in [0, 0.05) is 24.6 Å². The molecule has 1 saturated heterocycles. The number of carbonyl (C=O) groups is 1. The summed E-state index contributed by atoms with van der Waals surface area (Å²) in [5.74, 6) is -0.358. The minimum atomic E-state index is -0.530. The highest BCUT2D eigenvalue weighted by Crippen LogP contribution is 2.38. The molecular weight excluding hydrogens is 492 g/mol. The minimum Gasteiger partial charge on any atom is -0.295 e. The van der Waals surface area contributed by atoms with Gasteiger partial charge in [0.15, 0.2) is 4.32 Å². The molecule has 0 atom stereocenters. The van der Waals surface area contributed by atoms with Crippen molar-refractivity contribution in [2.24, 2.45) is 14.1 Å². The third kappa shape index (κ3) is 3.28. The Morgan fingerprint density at radius 3 is 2.30 bits per heavy atom. The maximum Gasteiger partial charge on any atom is 0.328 e. The van der Waals surface area contributed by atoms with E-state index < -0.39 is 4.92 Å². The Hall–Kier alpha value is -2.76. The van der Waals surface area contributed by atoms with Crippen LogP contribution in [0.15, 0.2) is 50.6 Å². The van der Waals surface area contributed by atoms with Crippen LogP contribution in [-0.4, -0.2) is 24.3 Å². The summed E-state index contributed by atoms with van der Waals surface area (Å²) in [6, 6.07) is 10.00. The van der Waals surface area contributed by atoms with Crippen molar-refractivity contribution in [3.8, 4) is 0 Å². The summed E-state index contributed by atoms with van der Waals surface area (Å²) in [5.41, 5.74) is 1.32. The molecule has 30 heavy (non-hydrogen) atoms. The average molecular weight is 505 g/mol. The summed E-state index contributed by atoms with van der Waals surface area (Å²) in [4.78, 5) is 38.0. The fraction of sp³-hybridized carbons (Fsp3) is 0.105. The van der Waals surface area contributed by atoms with E-state index in [2.05, 4.69) is 15.9 Å². The molecule has 3 aromatic rings. The Morgan fingerprint density at radius 1 is 1.10 bits per heavy atom. The zero-order chi connectivity index (χ0) is 21.7. The van der Waals surface area contributed by atoms with E-state index in [9.17, 15) is 19.7 Å². The number of thioether (sulfide) groups is 1. The van der Waals surface area contributed by atoms with E-state index in [-0.39, 0.29) is 27.8 Å². The van der Waals surface area contributed by atoms with Crippen molar-refractivity contribution in [2.45, 2.75) is 0 Å². The highest BCUT2D eigenvalue weighted by Gasteiger charge is 2.34. The molecule has 2 aromatic carbocycles. The standard InChI is InChI=1S/C19H13BrN4O4S2/c1-21-14-7-10(13(24(27)28)9-15(14)22(2)18(21)26)8-16-17(25)23(19(29)30-16)12-5-3-11(20)4-6-12/h3-9H,1-2H3/b16-8-. The van der Waals surface area contributed by atoms with Crippen LogP contribution in [0.25, 0.3) is 17.1 Å². The Morgan fingerprint density at radius 2 is 1.70 bits per heavy atom. The van der Waals surface area contributed by atoms with Gasteiger partial charge in [-0.1, -0.05) is 39.9 Å². The van der Waals surface area contributed by atoms with Crippen LogP contribution in [-0.2, 0) is 18.9 Å². The molecule has 0 aliphatic carbocycles. The molecular formula is C19H13BrN4O4S2. The Bertz CT molecular complexity index is 1340. The van der Waals surface area contributed by atoms with Crippen LogP contribution in [0.4, 0.5) is 11.4 Å². The van der Waals surface area contributed by atoms with E-state index in [0.29, 0.717) is 21.0 Å². The van der Waals surface area contributed by atoms with Gasteiger partial charge < -0.3 is 0 Å². The Kier molecular flexibility index (Phi) is 5.12. The van der Waals surface area contributed by atoms with Crippen LogP contribution >= 0.6 is 39.9 Å². The molecule has 1 aromatic heterocycles. The maximum atomic E-state index is 13.0. The van der Waals surface area contributed by atoms with Gasteiger partial charge in [-0.15, -0.1) is 0 Å². The van der Waals surface area contributed by atoms with Gasteiger partial charge in [-0.05, 0) is 36.4 Å². The molecule has 8 nitrogen and oxygen atoms in total. The van der Waals surface area contributed by atoms with Crippen LogP contribution in [0.3, 0.4) is 0 Å². The van der Waals surface area contributed by atoms with Crippen molar-refractivity contribution < 1.29 is 9.72 Å². The topological polar surface area (TPSA) is 90.4 Å². The first-order valence-electron chi connectivity index (χ1n) is 8.56. The molecule has 1 aliphatic rings. The van der Waals surface area contributed by atoms with Gasteiger partial charge in [-0.2, -0.15) is 0 Å². The first kappa shape index (κ1) is 20.5. The molecule has 0 unspecified atom stereocenters. The van der Waals surface area contributed by atoms with E-state index in [1.807, 2.05) is 0 Å². The third-order valence-corrected chi connectivity index (χ3v) is 6.61. The molecule has 152 valence electrons. The largest absolute Gasteiger partial charge is 0.328 e. The Balaban J connectivity index is 1.83. The number of thiocarbonyl (C=S) groups is 1. The van der Waals surface area contributed by atoms with Crippen molar-refractivity contribution in [1.82, 2.24) is 9.13 Å². The second kappa shape index (κ2) is 7.49. The van der Waals surface area contributed by atoms with Crippen LogP contribution in [0.1, 0.15) is 5.56 Å². The molecule has 0 saturated carbocycles. The number of imidazole rings is 1.